The van der Waals surface area contributed by atoms with Crippen molar-refractivity contribution in [3.05, 3.63) is 64.7 Å². The molecule has 3 rings (SSSR count). The third-order valence-corrected chi connectivity index (χ3v) is 4.74. The highest BCUT2D eigenvalue weighted by Crippen LogP contribution is 2.21. The fraction of sp³-hybridized carbons (Fsp3) is 0.300. The Morgan fingerprint density at radius 1 is 1.16 bits per heavy atom. The molecule has 130 valence electrons. The Bertz CT molecular complexity index is 756. The smallest absolute Gasteiger partial charge is 0.229 e. The lowest BCUT2D eigenvalue weighted by Crippen LogP contribution is -2.30. The highest BCUT2D eigenvalue weighted by Gasteiger charge is 2.33. The summed E-state index contributed by atoms with van der Waals surface area (Å²) in [5.74, 6) is -0.344. The molecular formula is C20H21ClN2O2. The van der Waals surface area contributed by atoms with Gasteiger partial charge in [-0.3, -0.25) is 9.59 Å². The molecule has 0 unspecified atom stereocenters. The molecule has 2 aromatic rings. The fourth-order valence-electron chi connectivity index (χ4n) is 2.96. The molecule has 4 nitrogen and oxygen atoms in total. The molecule has 1 atom stereocenters. The molecule has 2 amide bonds. The van der Waals surface area contributed by atoms with E-state index in [0.717, 1.165) is 23.2 Å². The first-order chi connectivity index (χ1) is 12.0. The van der Waals surface area contributed by atoms with Crippen molar-refractivity contribution < 1.29 is 9.59 Å². The summed E-state index contributed by atoms with van der Waals surface area (Å²) in [6.07, 6.45) is 1.04. The first kappa shape index (κ1) is 17.5. The minimum absolute atomic E-state index is 0.0398. The van der Waals surface area contributed by atoms with Crippen molar-refractivity contribution in [2.45, 2.75) is 19.8 Å². The highest BCUT2D eigenvalue weighted by molar-refractivity contribution is 6.30. The number of halogens is 1. The summed E-state index contributed by atoms with van der Waals surface area (Å²) in [5, 5.41) is 3.60. The van der Waals surface area contributed by atoms with Crippen molar-refractivity contribution >= 4 is 29.1 Å². The maximum absolute atomic E-state index is 12.4. The molecular weight excluding hydrogens is 336 g/mol. The maximum atomic E-state index is 12.4. The Morgan fingerprint density at radius 2 is 1.84 bits per heavy atom. The van der Waals surface area contributed by atoms with Crippen LogP contribution in [-0.4, -0.2) is 29.8 Å². The lowest BCUT2D eigenvalue weighted by atomic mass is 10.1. The second kappa shape index (κ2) is 7.70. The predicted octanol–water partition coefficient (Wildman–Crippen LogP) is 3.68. The van der Waals surface area contributed by atoms with Crippen molar-refractivity contribution in [3.63, 3.8) is 0 Å². The van der Waals surface area contributed by atoms with E-state index in [1.54, 1.807) is 4.90 Å². The maximum Gasteiger partial charge on any atom is 0.229 e. The van der Waals surface area contributed by atoms with Gasteiger partial charge in [-0.15, -0.1) is 0 Å². The first-order valence-corrected chi connectivity index (χ1v) is 8.79. The van der Waals surface area contributed by atoms with Crippen LogP contribution in [0.1, 0.15) is 17.5 Å². The Hall–Kier alpha value is -2.33. The normalized spacial score (nSPS) is 17.0. The van der Waals surface area contributed by atoms with E-state index in [1.807, 2.05) is 55.5 Å². The van der Waals surface area contributed by atoms with E-state index in [1.165, 1.54) is 0 Å². The third kappa shape index (κ3) is 4.60. The minimum atomic E-state index is -0.293. The van der Waals surface area contributed by atoms with Crippen LogP contribution in [0.3, 0.4) is 0 Å². The lowest BCUT2D eigenvalue weighted by molar-refractivity contribution is -0.128. The number of rotatable bonds is 5. The molecule has 0 saturated carbocycles. The van der Waals surface area contributed by atoms with Crippen molar-refractivity contribution in [1.82, 2.24) is 4.90 Å². The lowest BCUT2D eigenvalue weighted by Gasteiger charge is -2.16. The Morgan fingerprint density at radius 3 is 2.52 bits per heavy atom. The van der Waals surface area contributed by atoms with Gasteiger partial charge in [-0.1, -0.05) is 41.4 Å². The number of likely N-dealkylation sites (tertiary alicyclic amines) is 1. The van der Waals surface area contributed by atoms with E-state index in [2.05, 4.69) is 5.32 Å². The molecule has 1 aliphatic rings. The second-order valence-electron chi connectivity index (χ2n) is 6.47. The van der Waals surface area contributed by atoms with Gasteiger partial charge in [0.2, 0.25) is 11.8 Å². The van der Waals surface area contributed by atoms with Gasteiger partial charge in [0.1, 0.15) is 0 Å². The largest absolute Gasteiger partial charge is 0.342 e. The number of aryl methyl sites for hydroxylation is 1. The second-order valence-corrected chi connectivity index (χ2v) is 6.91. The summed E-state index contributed by atoms with van der Waals surface area (Å²) in [5.41, 5.74) is 3.04. The zero-order valence-corrected chi connectivity index (χ0v) is 14.9. The Kier molecular flexibility index (Phi) is 5.39. The van der Waals surface area contributed by atoms with Crippen LogP contribution < -0.4 is 5.32 Å². The highest BCUT2D eigenvalue weighted by atomic mass is 35.5. The first-order valence-electron chi connectivity index (χ1n) is 8.41. The SMILES string of the molecule is Cc1ccc(NC(=O)[C@H]2CC(=O)N(CCc3ccc(Cl)cc3)C2)cc1. The number of carbonyl (C=O) groups excluding carboxylic acids is 2. The average molecular weight is 357 g/mol. The van der Waals surface area contributed by atoms with Gasteiger partial charge in [0.25, 0.3) is 0 Å². The van der Waals surface area contributed by atoms with Gasteiger partial charge >= 0.3 is 0 Å². The monoisotopic (exact) mass is 356 g/mol. The Balaban J connectivity index is 1.53. The van der Waals surface area contributed by atoms with Crippen molar-refractivity contribution in [2.24, 2.45) is 5.92 Å². The molecule has 1 aliphatic heterocycles. The molecule has 25 heavy (non-hydrogen) atoms. The van der Waals surface area contributed by atoms with E-state index in [9.17, 15) is 9.59 Å². The number of nitrogens with zero attached hydrogens (tertiary/aromatic N) is 1. The Labute approximate surface area is 152 Å². The minimum Gasteiger partial charge on any atom is -0.342 e. The van der Waals surface area contributed by atoms with Crippen molar-refractivity contribution in [2.75, 3.05) is 18.4 Å². The van der Waals surface area contributed by atoms with E-state index >= 15 is 0 Å². The standard InChI is InChI=1S/C20H21ClN2O2/c1-14-2-8-18(9-3-14)22-20(25)16-12-19(24)23(13-16)11-10-15-4-6-17(21)7-5-15/h2-9,16H,10-13H2,1H3,(H,22,25)/t16-/m0/s1. The van der Waals surface area contributed by atoms with Crippen LogP contribution in [0.4, 0.5) is 5.69 Å². The molecule has 0 aromatic heterocycles. The molecule has 1 fully saturated rings. The van der Waals surface area contributed by atoms with Crippen LogP contribution in [-0.2, 0) is 16.0 Å². The van der Waals surface area contributed by atoms with Crippen molar-refractivity contribution in [1.29, 1.82) is 0 Å². The van der Waals surface area contributed by atoms with E-state index in [-0.39, 0.29) is 24.2 Å². The molecule has 0 radical (unpaired) electrons. The average Bonchev–Trinajstić information content (AvgIpc) is 2.97. The number of benzene rings is 2. The van der Waals surface area contributed by atoms with E-state index in [0.29, 0.717) is 18.1 Å². The predicted molar refractivity (Wildman–Crippen MR) is 99.7 cm³/mol. The summed E-state index contributed by atoms with van der Waals surface area (Å²) in [7, 11) is 0. The zero-order valence-electron chi connectivity index (χ0n) is 14.2. The van der Waals surface area contributed by atoms with Gasteiger partial charge in [0, 0.05) is 30.2 Å². The molecule has 0 spiro atoms. The molecule has 0 aliphatic carbocycles. The summed E-state index contributed by atoms with van der Waals surface area (Å²) >= 11 is 5.88. The van der Waals surface area contributed by atoms with Gasteiger partial charge in [-0.05, 0) is 43.2 Å². The number of carbonyl (C=O) groups is 2. The van der Waals surface area contributed by atoms with E-state index < -0.39 is 0 Å². The third-order valence-electron chi connectivity index (χ3n) is 4.49. The van der Waals surface area contributed by atoms with Crippen LogP contribution in [0.2, 0.25) is 5.02 Å². The summed E-state index contributed by atoms with van der Waals surface area (Å²) in [6.45, 7) is 3.10. The molecule has 0 bridgehead atoms. The molecule has 1 heterocycles. The van der Waals surface area contributed by atoms with E-state index in [4.69, 9.17) is 11.6 Å². The number of anilines is 1. The van der Waals surface area contributed by atoms with Gasteiger partial charge in [-0.25, -0.2) is 0 Å². The zero-order chi connectivity index (χ0) is 17.8. The van der Waals surface area contributed by atoms with Gasteiger partial charge in [0.15, 0.2) is 0 Å². The van der Waals surface area contributed by atoms with Gasteiger partial charge < -0.3 is 10.2 Å². The summed E-state index contributed by atoms with van der Waals surface area (Å²) in [4.78, 5) is 26.4. The van der Waals surface area contributed by atoms with Crippen LogP contribution >= 0.6 is 11.6 Å². The van der Waals surface area contributed by atoms with Crippen LogP contribution in [0, 0.1) is 12.8 Å². The van der Waals surface area contributed by atoms with Crippen molar-refractivity contribution in [3.8, 4) is 0 Å². The molecule has 1 N–H and O–H groups in total. The molecule has 5 heteroatoms. The molecule has 2 aromatic carbocycles. The van der Waals surface area contributed by atoms with Gasteiger partial charge in [0.05, 0.1) is 5.92 Å². The van der Waals surface area contributed by atoms with Gasteiger partial charge in [-0.2, -0.15) is 0 Å². The topological polar surface area (TPSA) is 49.4 Å². The fourth-order valence-corrected chi connectivity index (χ4v) is 3.09. The number of hydrogen-bond acceptors (Lipinski definition) is 2. The number of amides is 2. The molecule has 1 saturated heterocycles. The quantitative estimate of drug-likeness (QED) is 0.888. The summed E-state index contributed by atoms with van der Waals surface area (Å²) < 4.78 is 0. The van der Waals surface area contributed by atoms with Crippen LogP contribution in [0.25, 0.3) is 0 Å². The van der Waals surface area contributed by atoms with Crippen LogP contribution in [0.15, 0.2) is 48.5 Å². The number of hydrogen-bond donors (Lipinski definition) is 1. The number of nitrogens with one attached hydrogen (secondary N) is 1. The van der Waals surface area contributed by atoms with Crippen LogP contribution in [0.5, 0.6) is 0 Å². The summed E-state index contributed by atoms with van der Waals surface area (Å²) in [6, 6.07) is 15.3.